The van der Waals surface area contributed by atoms with Crippen molar-refractivity contribution in [2.75, 3.05) is 11.9 Å². The highest BCUT2D eigenvalue weighted by Gasteiger charge is 1.95. The van der Waals surface area contributed by atoms with Crippen molar-refractivity contribution < 1.29 is 0 Å². The van der Waals surface area contributed by atoms with Crippen molar-refractivity contribution in [2.24, 2.45) is 0 Å². The molecule has 0 amide bonds. The first-order valence-corrected chi connectivity index (χ1v) is 5.87. The molecule has 0 saturated carbocycles. The molecule has 16 heavy (non-hydrogen) atoms. The van der Waals surface area contributed by atoms with Gasteiger partial charge in [0.1, 0.15) is 0 Å². The van der Waals surface area contributed by atoms with Crippen molar-refractivity contribution >= 4 is 21.6 Å². The van der Waals surface area contributed by atoms with Crippen LogP contribution < -0.4 is 5.32 Å². The number of rotatable bonds is 4. The molecule has 0 radical (unpaired) electrons. The van der Waals surface area contributed by atoms with Gasteiger partial charge in [0, 0.05) is 29.6 Å². The van der Waals surface area contributed by atoms with Gasteiger partial charge >= 0.3 is 0 Å². The van der Waals surface area contributed by atoms with Crippen molar-refractivity contribution in [3.63, 3.8) is 0 Å². The van der Waals surface area contributed by atoms with E-state index in [1.54, 1.807) is 12.4 Å². The summed E-state index contributed by atoms with van der Waals surface area (Å²) in [7, 11) is 0. The van der Waals surface area contributed by atoms with E-state index < -0.39 is 0 Å². The van der Waals surface area contributed by atoms with E-state index in [1.807, 2.05) is 24.5 Å². The van der Waals surface area contributed by atoms with E-state index in [1.165, 1.54) is 5.56 Å². The molecule has 0 fully saturated rings. The van der Waals surface area contributed by atoms with Crippen molar-refractivity contribution in [3.8, 4) is 0 Å². The molecule has 0 unspecified atom stereocenters. The third-order valence-corrected chi connectivity index (χ3v) is 2.60. The first-order valence-electron chi connectivity index (χ1n) is 5.08. The van der Waals surface area contributed by atoms with Crippen LogP contribution in [0.1, 0.15) is 5.56 Å². The maximum atomic E-state index is 4.09. The van der Waals surface area contributed by atoms with Gasteiger partial charge < -0.3 is 5.32 Å². The van der Waals surface area contributed by atoms with Gasteiger partial charge in [-0.2, -0.15) is 0 Å². The predicted octanol–water partition coefficient (Wildman–Crippen LogP) is 2.89. The molecule has 4 heteroatoms. The number of hydrogen-bond donors (Lipinski definition) is 1. The average molecular weight is 278 g/mol. The summed E-state index contributed by atoms with van der Waals surface area (Å²) in [5, 5.41) is 3.31. The molecule has 0 atom stereocenters. The zero-order chi connectivity index (χ0) is 11.2. The molecule has 0 saturated heterocycles. The van der Waals surface area contributed by atoms with Gasteiger partial charge in [0.15, 0.2) is 0 Å². The first kappa shape index (κ1) is 11.1. The summed E-state index contributed by atoms with van der Waals surface area (Å²) in [5.41, 5.74) is 2.26. The number of anilines is 1. The van der Waals surface area contributed by atoms with E-state index in [4.69, 9.17) is 0 Å². The van der Waals surface area contributed by atoms with E-state index in [2.05, 4.69) is 37.3 Å². The van der Waals surface area contributed by atoms with Crippen molar-refractivity contribution in [3.05, 3.63) is 53.0 Å². The van der Waals surface area contributed by atoms with Gasteiger partial charge in [-0.15, -0.1) is 0 Å². The molecule has 0 spiro atoms. The minimum atomic E-state index is 0.879. The average Bonchev–Trinajstić information content (AvgIpc) is 2.30. The molecule has 82 valence electrons. The fourth-order valence-corrected chi connectivity index (χ4v) is 1.77. The SMILES string of the molecule is Brc1cncc(NCCc2cccnc2)c1. The van der Waals surface area contributed by atoms with Crippen LogP contribution in [0, 0.1) is 0 Å². The highest BCUT2D eigenvalue weighted by atomic mass is 79.9. The topological polar surface area (TPSA) is 37.8 Å². The highest BCUT2D eigenvalue weighted by molar-refractivity contribution is 9.10. The smallest absolute Gasteiger partial charge is 0.0538 e. The molecule has 2 aromatic heterocycles. The molecular formula is C12H12BrN3. The molecule has 0 aliphatic rings. The Labute approximate surface area is 103 Å². The lowest BCUT2D eigenvalue weighted by Crippen LogP contribution is -2.05. The molecule has 2 rings (SSSR count). The first-order chi connectivity index (χ1) is 7.84. The number of aromatic nitrogens is 2. The van der Waals surface area contributed by atoms with Gasteiger partial charge in [-0.25, -0.2) is 0 Å². The Morgan fingerprint density at radius 3 is 2.88 bits per heavy atom. The Balaban J connectivity index is 1.85. The maximum Gasteiger partial charge on any atom is 0.0538 e. The maximum absolute atomic E-state index is 4.09. The lowest BCUT2D eigenvalue weighted by atomic mass is 10.2. The van der Waals surface area contributed by atoms with E-state index in [0.29, 0.717) is 0 Å². The zero-order valence-electron chi connectivity index (χ0n) is 8.73. The van der Waals surface area contributed by atoms with Gasteiger partial charge in [0.2, 0.25) is 0 Å². The Morgan fingerprint density at radius 1 is 1.19 bits per heavy atom. The minimum Gasteiger partial charge on any atom is -0.383 e. The fraction of sp³-hybridized carbons (Fsp3) is 0.167. The lowest BCUT2D eigenvalue weighted by Gasteiger charge is -2.05. The number of hydrogen-bond acceptors (Lipinski definition) is 3. The number of nitrogens with one attached hydrogen (secondary N) is 1. The zero-order valence-corrected chi connectivity index (χ0v) is 10.3. The van der Waals surface area contributed by atoms with Gasteiger partial charge in [-0.05, 0) is 40.0 Å². The quantitative estimate of drug-likeness (QED) is 0.934. The van der Waals surface area contributed by atoms with Crippen LogP contribution in [-0.4, -0.2) is 16.5 Å². The van der Waals surface area contributed by atoms with Gasteiger partial charge in [0.25, 0.3) is 0 Å². The van der Waals surface area contributed by atoms with Gasteiger partial charge in [-0.3, -0.25) is 9.97 Å². The highest BCUT2D eigenvalue weighted by Crippen LogP contribution is 2.13. The standard InChI is InChI=1S/C12H12BrN3/c13-11-6-12(9-15-8-11)16-5-3-10-2-1-4-14-7-10/h1-2,4,6-9,16H,3,5H2. The minimum absolute atomic E-state index is 0.879. The summed E-state index contributed by atoms with van der Waals surface area (Å²) in [5.74, 6) is 0. The molecular weight excluding hydrogens is 266 g/mol. The second-order valence-electron chi connectivity index (χ2n) is 3.43. The number of halogens is 1. The second-order valence-corrected chi connectivity index (χ2v) is 4.35. The third-order valence-electron chi connectivity index (χ3n) is 2.17. The van der Waals surface area contributed by atoms with Crippen LogP contribution in [-0.2, 0) is 6.42 Å². The van der Waals surface area contributed by atoms with Crippen LogP contribution in [0.3, 0.4) is 0 Å². The normalized spacial score (nSPS) is 10.1. The Kier molecular flexibility index (Phi) is 3.88. The summed E-state index contributed by atoms with van der Waals surface area (Å²) < 4.78 is 0.985. The second kappa shape index (κ2) is 5.61. The van der Waals surface area contributed by atoms with Crippen LogP contribution in [0.5, 0.6) is 0 Å². The largest absolute Gasteiger partial charge is 0.383 e. The molecule has 1 N–H and O–H groups in total. The summed E-state index contributed by atoms with van der Waals surface area (Å²) in [6.45, 7) is 0.879. The third kappa shape index (κ3) is 3.31. The molecule has 2 aromatic rings. The summed E-state index contributed by atoms with van der Waals surface area (Å²) in [4.78, 5) is 8.16. The molecule has 3 nitrogen and oxygen atoms in total. The molecule has 2 heterocycles. The Hall–Kier alpha value is -1.42. The Morgan fingerprint density at radius 2 is 2.12 bits per heavy atom. The fourth-order valence-electron chi connectivity index (χ4n) is 1.41. The van der Waals surface area contributed by atoms with Crippen LogP contribution in [0.4, 0.5) is 5.69 Å². The van der Waals surface area contributed by atoms with Crippen LogP contribution in [0.15, 0.2) is 47.5 Å². The monoisotopic (exact) mass is 277 g/mol. The summed E-state index contributed by atoms with van der Waals surface area (Å²) in [6, 6.07) is 6.04. The van der Waals surface area contributed by atoms with Crippen molar-refractivity contribution in [1.82, 2.24) is 9.97 Å². The lowest BCUT2D eigenvalue weighted by molar-refractivity contribution is 1.00. The van der Waals surface area contributed by atoms with Crippen molar-refractivity contribution in [1.29, 1.82) is 0 Å². The molecule has 0 bridgehead atoms. The summed E-state index contributed by atoms with van der Waals surface area (Å²) in [6.07, 6.45) is 8.22. The van der Waals surface area contributed by atoms with Crippen molar-refractivity contribution in [2.45, 2.75) is 6.42 Å². The van der Waals surface area contributed by atoms with Crippen LogP contribution >= 0.6 is 15.9 Å². The molecule has 0 aliphatic heterocycles. The van der Waals surface area contributed by atoms with E-state index in [9.17, 15) is 0 Å². The van der Waals surface area contributed by atoms with E-state index in [0.717, 1.165) is 23.1 Å². The Bertz CT molecular complexity index is 445. The van der Waals surface area contributed by atoms with Crippen LogP contribution in [0.25, 0.3) is 0 Å². The molecule has 0 aliphatic carbocycles. The number of pyridine rings is 2. The van der Waals surface area contributed by atoms with E-state index in [-0.39, 0.29) is 0 Å². The number of nitrogens with zero attached hydrogens (tertiary/aromatic N) is 2. The van der Waals surface area contributed by atoms with Gasteiger partial charge in [0.05, 0.1) is 11.9 Å². The van der Waals surface area contributed by atoms with Crippen LogP contribution in [0.2, 0.25) is 0 Å². The van der Waals surface area contributed by atoms with Gasteiger partial charge in [-0.1, -0.05) is 6.07 Å². The van der Waals surface area contributed by atoms with E-state index >= 15 is 0 Å². The predicted molar refractivity (Wildman–Crippen MR) is 68.4 cm³/mol. The summed E-state index contributed by atoms with van der Waals surface area (Å²) >= 11 is 3.39. The molecule has 0 aromatic carbocycles.